The summed E-state index contributed by atoms with van der Waals surface area (Å²) in [5.41, 5.74) is 2.45. The topological polar surface area (TPSA) is 64.4 Å². The van der Waals surface area contributed by atoms with E-state index in [1.165, 1.54) is 22.5 Å². The van der Waals surface area contributed by atoms with Crippen molar-refractivity contribution in [3.05, 3.63) is 63.5 Å². The molecule has 1 aromatic carbocycles. The fraction of sp³-hybridized carbons (Fsp3) is 0.278. The Balaban J connectivity index is 1.57. The molecule has 28 heavy (non-hydrogen) atoms. The number of aromatic nitrogens is 2. The van der Waals surface area contributed by atoms with Crippen LogP contribution in [0.1, 0.15) is 17.0 Å². The molecule has 0 unspecified atom stereocenters. The first kappa shape index (κ1) is 19.4. The molecule has 3 aromatic rings. The van der Waals surface area contributed by atoms with E-state index in [0.29, 0.717) is 28.7 Å². The van der Waals surface area contributed by atoms with E-state index in [9.17, 15) is 12.8 Å². The van der Waals surface area contributed by atoms with E-state index in [-0.39, 0.29) is 23.2 Å². The van der Waals surface area contributed by atoms with Crippen LogP contribution < -0.4 is 4.74 Å². The maximum Gasteiger partial charge on any atom is 0.252 e. The highest BCUT2D eigenvalue weighted by atomic mass is 35.5. The van der Waals surface area contributed by atoms with Crippen molar-refractivity contribution in [2.24, 2.45) is 7.05 Å². The Labute approximate surface area is 171 Å². The van der Waals surface area contributed by atoms with Gasteiger partial charge >= 0.3 is 0 Å². The van der Waals surface area contributed by atoms with Gasteiger partial charge in [-0.15, -0.1) is 11.3 Å². The molecule has 0 radical (unpaired) electrons. The van der Waals surface area contributed by atoms with Crippen LogP contribution in [0.4, 0.5) is 4.39 Å². The van der Waals surface area contributed by atoms with Gasteiger partial charge in [-0.2, -0.15) is 9.40 Å². The van der Waals surface area contributed by atoms with Crippen LogP contribution in [0.2, 0.25) is 4.34 Å². The number of nitrogens with zero attached hydrogens (tertiary/aromatic N) is 3. The van der Waals surface area contributed by atoms with E-state index in [1.54, 1.807) is 22.9 Å². The molecule has 0 amide bonds. The maximum absolute atomic E-state index is 13.3. The molecule has 6 nitrogen and oxygen atoms in total. The number of sulfonamides is 1. The summed E-state index contributed by atoms with van der Waals surface area (Å²) in [4.78, 5) is 0. The SMILES string of the molecule is Cn1nc(COc2cccc(F)c2)c2c1CCN(S(=O)(=O)c1ccc(Cl)s1)C2. The Morgan fingerprint density at radius 1 is 1.32 bits per heavy atom. The fourth-order valence-electron chi connectivity index (χ4n) is 3.24. The van der Waals surface area contributed by atoms with Crippen LogP contribution in [0, 0.1) is 5.82 Å². The third-order valence-electron chi connectivity index (χ3n) is 4.60. The highest BCUT2D eigenvalue weighted by Gasteiger charge is 2.32. The molecule has 10 heteroatoms. The second kappa shape index (κ2) is 7.47. The summed E-state index contributed by atoms with van der Waals surface area (Å²) in [5, 5.41) is 4.48. The number of rotatable bonds is 5. The predicted octanol–water partition coefficient (Wildman–Crippen LogP) is 3.60. The zero-order chi connectivity index (χ0) is 19.9. The lowest BCUT2D eigenvalue weighted by atomic mass is 10.1. The highest BCUT2D eigenvalue weighted by molar-refractivity contribution is 7.91. The lowest BCUT2D eigenvalue weighted by Crippen LogP contribution is -2.36. The van der Waals surface area contributed by atoms with Crippen LogP contribution in [-0.4, -0.2) is 29.0 Å². The van der Waals surface area contributed by atoms with Crippen LogP contribution in [0.3, 0.4) is 0 Å². The van der Waals surface area contributed by atoms with Crippen LogP contribution in [0.15, 0.2) is 40.6 Å². The van der Waals surface area contributed by atoms with Gasteiger partial charge in [-0.05, 0) is 24.3 Å². The minimum atomic E-state index is -3.62. The molecule has 148 valence electrons. The number of hydrogen-bond donors (Lipinski definition) is 0. The molecular weight excluding hydrogens is 425 g/mol. The van der Waals surface area contributed by atoms with Gasteiger partial charge in [0.15, 0.2) is 0 Å². The largest absolute Gasteiger partial charge is 0.487 e. The van der Waals surface area contributed by atoms with Crippen molar-refractivity contribution in [1.82, 2.24) is 14.1 Å². The van der Waals surface area contributed by atoms with Crippen molar-refractivity contribution in [3.63, 3.8) is 0 Å². The Morgan fingerprint density at radius 3 is 2.86 bits per heavy atom. The summed E-state index contributed by atoms with van der Waals surface area (Å²) in [5.74, 6) is 0.0142. The van der Waals surface area contributed by atoms with E-state index >= 15 is 0 Å². The van der Waals surface area contributed by atoms with E-state index < -0.39 is 10.0 Å². The van der Waals surface area contributed by atoms with Crippen LogP contribution >= 0.6 is 22.9 Å². The van der Waals surface area contributed by atoms with Gasteiger partial charge in [0.25, 0.3) is 10.0 Å². The third kappa shape index (κ3) is 3.67. The zero-order valence-corrected chi connectivity index (χ0v) is 17.3. The normalized spacial score (nSPS) is 14.8. The van der Waals surface area contributed by atoms with Gasteiger partial charge in [-0.1, -0.05) is 17.7 Å². The molecule has 1 aliphatic heterocycles. The number of thiophene rings is 1. The average Bonchev–Trinajstić information content (AvgIpc) is 3.24. The second-order valence-corrected chi connectivity index (χ2v) is 10.3. The molecule has 0 atom stereocenters. The summed E-state index contributed by atoms with van der Waals surface area (Å²) in [7, 11) is -1.80. The molecule has 0 saturated carbocycles. The summed E-state index contributed by atoms with van der Waals surface area (Å²) >= 11 is 6.95. The number of halogens is 2. The zero-order valence-electron chi connectivity index (χ0n) is 14.9. The standard InChI is InChI=1S/C18H17ClFN3O3S2/c1-22-16-7-8-23(28(24,25)18-6-5-17(19)27-18)10-14(16)15(21-22)11-26-13-4-2-3-12(20)9-13/h2-6,9H,7-8,10-11H2,1H3. The number of ether oxygens (including phenoxy) is 1. The Hall–Kier alpha value is -1.94. The first-order valence-electron chi connectivity index (χ1n) is 8.52. The maximum atomic E-state index is 13.3. The molecule has 0 N–H and O–H groups in total. The quantitative estimate of drug-likeness (QED) is 0.606. The summed E-state index contributed by atoms with van der Waals surface area (Å²) < 4.78 is 48.7. The first-order chi connectivity index (χ1) is 13.3. The number of aryl methyl sites for hydroxylation is 1. The van der Waals surface area contributed by atoms with Gasteiger partial charge in [0.05, 0.1) is 4.34 Å². The van der Waals surface area contributed by atoms with Gasteiger partial charge in [0.1, 0.15) is 28.1 Å². The highest BCUT2D eigenvalue weighted by Crippen LogP contribution is 2.32. The molecule has 0 bridgehead atoms. The number of benzene rings is 1. The average molecular weight is 442 g/mol. The number of hydrogen-bond acceptors (Lipinski definition) is 5. The molecule has 0 spiro atoms. The van der Waals surface area contributed by atoms with E-state index in [4.69, 9.17) is 16.3 Å². The van der Waals surface area contributed by atoms with Crippen molar-refractivity contribution >= 4 is 33.0 Å². The lowest BCUT2D eigenvalue weighted by Gasteiger charge is -2.26. The number of fused-ring (bicyclic) bond motifs is 1. The van der Waals surface area contributed by atoms with Crippen molar-refractivity contribution in [3.8, 4) is 5.75 Å². The van der Waals surface area contributed by atoms with Gasteiger partial charge in [-0.3, -0.25) is 4.68 Å². The molecule has 0 aliphatic carbocycles. The van der Waals surface area contributed by atoms with Gasteiger partial charge in [0, 0.05) is 43.9 Å². The molecule has 2 aromatic heterocycles. The van der Waals surface area contributed by atoms with E-state index in [0.717, 1.165) is 22.6 Å². The first-order valence-corrected chi connectivity index (χ1v) is 11.2. The summed E-state index contributed by atoms with van der Waals surface area (Å²) in [6, 6.07) is 8.97. The lowest BCUT2D eigenvalue weighted by molar-refractivity contribution is 0.295. The Kier molecular flexibility index (Phi) is 5.17. The molecule has 1 aliphatic rings. The van der Waals surface area contributed by atoms with Gasteiger partial charge < -0.3 is 4.74 Å². The van der Waals surface area contributed by atoms with Crippen molar-refractivity contribution in [1.29, 1.82) is 0 Å². The molecule has 0 saturated heterocycles. The Morgan fingerprint density at radius 2 is 2.14 bits per heavy atom. The summed E-state index contributed by atoms with van der Waals surface area (Å²) in [6.45, 7) is 0.711. The molecular formula is C18H17ClFN3O3S2. The Bertz CT molecular complexity index is 1130. The minimum Gasteiger partial charge on any atom is -0.487 e. The monoisotopic (exact) mass is 441 g/mol. The second-order valence-electron chi connectivity index (χ2n) is 6.39. The van der Waals surface area contributed by atoms with Gasteiger partial charge in [0.2, 0.25) is 0 Å². The molecule has 4 rings (SSSR count). The van der Waals surface area contributed by atoms with E-state index in [2.05, 4.69) is 5.10 Å². The van der Waals surface area contributed by atoms with Crippen LogP contribution in [-0.2, 0) is 36.6 Å². The van der Waals surface area contributed by atoms with E-state index in [1.807, 2.05) is 7.05 Å². The van der Waals surface area contributed by atoms with Crippen LogP contribution in [0.5, 0.6) is 5.75 Å². The minimum absolute atomic E-state index is 0.130. The fourth-order valence-corrected chi connectivity index (χ4v) is 6.28. The van der Waals surface area contributed by atoms with Gasteiger partial charge in [-0.25, -0.2) is 12.8 Å². The van der Waals surface area contributed by atoms with Crippen molar-refractivity contribution in [2.45, 2.75) is 23.8 Å². The molecule has 3 heterocycles. The summed E-state index contributed by atoms with van der Waals surface area (Å²) in [6.07, 6.45) is 0.553. The molecule has 0 fully saturated rings. The van der Waals surface area contributed by atoms with Crippen molar-refractivity contribution < 1.29 is 17.5 Å². The third-order valence-corrected chi connectivity index (χ3v) is 8.15. The van der Waals surface area contributed by atoms with Crippen molar-refractivity contribution in [2.75, 3.05) is 6.54 Å². The van der Waals surface area contributed by atoms with Crippen LogP contribution in [0.25, 0.3) is 0 Å². The smallest absolute Gasteiger partial charge is 0.252 e. The predicted molar refractivity (Wildman–Crippen MR) is 105 cm³/mol.